The summed E-state index contributed by atoms with van der Waals surface area (Å²) in [6.45, 7) is 1.94. The number of hydrogen-bond donors (Lipinski definition) is 0. The number of nitro groups is 1. The van der Waals surface area contributed by atoms with Gasteiger partial charge in [-0.2, -0.15) is 0 Å². The smallest absolute Gasteiger partial charge is 0.305 e. The largest absolute Gasteiger partial charge is 0.469 e. The number of hydrogen-bond acceptors (Lipinski definition) is 4. The van der Waals surface area contributed by atoms with Gasteiger partial charge >= 0.3 is 5.97 Å². The van der Waals surface area contributed by atoms with E-state index in [4.69, 9.17) is 0 Å². The van der Waals surface area contributed by atoms with Gasteiger partial charge in [0.1, 0.15) is 0 Å². The molecule has 0 saturated carbocycles. The van der Waals surface area contributed by atoms with Gasteiger partial charge in [-0.25, -0.2) is 0 Å². The van der Waals surface area contributed by atoms with Crippen molar-refractivity contribution in [3.63, 3.8) is 0 Å². The molecule has 0 aliphatic rings. The van der Waals surface area contributed by atoms with E-state index in [2.05, 4.69) is 4.74 Å². The zero-order chi connectivity index (χ0) is 12.8. The van der Waals surface area contributed by atoms with Gasteiger partial charge in [0.05, 0.1) is 12.0 Å². The SMILES string of the molecule is COC(=O)C[C@@H](C)Cc1ccc([N+](=O)[O-])cc1. The van der Waals surface area contributed by atoms with Crippen LogP contribution in [0.2, 0.25) is 0 Å². The molecule has 0 aliphatic carbocycles. The van der Waals surface area contributed by atoms with Crippen LogP contribution >= 0.6 is 0 Å². The fourth-order valence-electron chi connectivity index (χ4n) is 1.60. The van der Waals surface area contributed by atoms with E-state index in [1.165, 1.54) is 19.2 Å². The van der Waals surface area contributed by atoms with Gasteiger partial charge in [-0.05, 0) is 17.9 Å². The van der Waals surface area contributed by atoms with Gasteiger partial charge in [0.15, 0.2) is 0 Å². The maximum atomic E-state index is 11.0. The lowest BCUT2D eigenvalue weighted by Crippen LogP contribution is -2.09. The summed E-state index contributed by atoms with van der Waals surface area (Å²) in [5, 5.41) is 10.5. The summed E-state index contributed by atoms with van der Waals surface area (Å²) in [5.74, 6) is -0.0803. The van der Waals surface area contributed by atoms with E-state index in [-0.39, 0.29) is 17.6 Å². The van der Waals surface area contributed by atoms with Crippen LogP contribution in [-0.4, -0.2) is 18.0 Å². The van der Waals surface area contributed by atoms with Gasteiger partial charge in [0.25, 0.3) is 5.69 Å². The highest BCUT2D eigenvalue weighted by atomic mass is 16.6. The zero-order valence-electron chi connectivity index (χ0n) is 9.88. The second-order valence-corrected chi connectivity index (χ2v) is 4.01. The Balaban J connectivity index is 2.57. The normalized spacial score (nSPS) is 11.9. The minimum Gasteiger partial charge on any atom is -0.469 e. The van der Waals surface area contributed by atoms with Gasteiger partial charge in [-0.1, -0.05) is 19.1 Å². The van der Waals surface area contributed by atoms with E-state index in [9.17, 15) is 14.9 Å². The second kappa shape index (κ2) is 5.98. The molecule has 5 nitrogen and oxygen atoms in total. The van der Waals surface area contributed by atoms with E-state index in [1.807, 2.05) is 6.92 Å². The van der Waals surface area contributed by atoms with Crippen molar-refractivity contribution in [1.29, 1.82) is 0 Å². The van der Waals surface area contributed by atoms with E-state index in [1.54, 1.807) is 12.1 Å². The quantitative estimate of drug-likeness (QED) is 0.447. The fraction of sp³-hybridized carbons (Fsp3) is 0.417. The average Bonchev–Trinajstić information content (AvgIpc) is 2.29. The lowest BCUT2D eigenvalue weighted by Gasteiger charge is -2.09. The van der Waals surface area contributed by atoms with Crippen molar-refractivity contribution < 1.29 is 14.5 Å². The Labute approximate surface area is 99.5 Å². The van der Waals surface area contributed by atoms with Crippen molar-refractivity contribution in [3.05, 3.63) is 39.9 Å². The molecule has 1 atom stereocenters. The molecule has 0 spiro atoms. The summed E-state index contributed by atoms with van der Waals surface area (Å²) in [6.07, 6.45) is 1.06. The van der Waals surface area contributed by atoms with Crippen LogP contribution in [0.15, 0.2) is 24.3 Å². The molecule has 1 aromatic carbocycles. The molecule has 1 aromatic rings. The Hall–Kier alpha value is -1.91. The molecule has 0 unspecified atom stereocenters. The van der Waals surface area contributed by atoms with E-state index < -0.39 is 4.92 Å². The molecule has 0 radical (unpaired) electrons. The van der Waals surface area contributed by atoms with Crippen LogP contribution in [0, 0.1) is 16.0 Å². The summed E-state index contributed by atoms with van der Waals surface area (Å²) in [5.41, 5.74) is 1.06. The summed E-state index contributed by atoms with van der Waals surface area (Å²) in [4.78, 5) is 21.1. The van der Waals surface area contributed by atoms with Crippen LogP contribution in [0.1, 0.15) is 18.9 Å². The van der Waals surface area contributed by atoms with Crippen LogP contribution in [0.25, 0.3) is 0 Å². The first kappa shape index (κ1) is 13.2. The van der Waals surface area contributed by atoms with Crippen molar-refractivity contribution in [1.82, 2.24) is 0 Å². The van der Waals surface area contributed by atoms with Crippen molar-refractivity contribution >= 4 is 11.7 Å². The third-order valence-electron chi connectivity index (χ3n) is 2.47. The van der Waals surface area contributed by atoms with Gasteiger partial charge in [0, 0.05) is 18.6 Å². The minimum absolute atomic E-state index is 0.0781. The Morgan fingerprint density at radius 2 is 2.00 bits per heavy atom. The molecular weight excluding hydrogens is 222 g/mol. The van der Waals surface area contributed by atoms with Gasteiger partial charge in [-0.15, -0.1) is 0 Å². The number of nitrogens with zero attached hydrogens (tertiary/aromatic N) is 1. The topological polar surface area (TPSA) is 69.4 Å². The lowest BCUT2D eigenvalue weighted by molar-refractivity contribution is -0.384. The van der Waals surface area contributed by atoms with Crippen molar-refractivity contribution in [2.45, 2.75) is 19.8 Å². The Morgan fingerprint density at radius 3 is 2.47 bits per heavy atom. The molecule has 0 aromatic heterocycles. The standard InChI is InChI=1S/C12H15NO4/c1-9(8-12(14)17-2)7-10-3-5-11(6-4-10)13(15)16/h3-6,9H,7-8H2,1-2H3/t9-/m0/s1. The number of nitro benzene ring substituents is 1. The monoisotopic (exact) mass is 237 g/mol. The molecule has 0 N–H and O–H groups in total. The predicted molar refractivity (Wildman–Crippen MR) is 62.6 cm³/mol. The first-order chi connectivity index (χ1) is 8.02. The molecule has 0 amide bonds. The maximum Gasteiger partial charge on any atom is 0.305 e. The van der Waals surface area contributed by atoms with Gasteiger partial charge < -0.3 is 4.74 Å². The Bertz CT molecular complexity index is 399. The molecule has 0 bridgehead atoms. The van der Waals surface area contributed by atoms with Gasteiger partial charge in [0.2, 0.25) is 0 Å². The lowest BCUT2D eigenvalue weighted by atomic mass is 9.98. The third kappa shape index (κ3) is 4.22. The molecule has 0 aliphatic heterocycles. The number of non-ortho nitro benzene ring substituents is 1. The Morgan fingerprint density at radius 1 is 1.41 bits per heavy atom. The summed E-state index contributed by atoms with van der Waals surface area (Å²) < 4.78 is 4.58. The summed E-state index contributed by atoms with van der Waals surface area (Å²) >= 11 is 0. The summed E-state index contributed by atoms with van der Waals surface area (Å²) in [7, 11) is 1.36. The van der Waals surface area contributed by atoms with E-state index in [0.717, 1.165) is 5.56 Å². The first-order valence-corrected chi connectivity index (χ1v) is 5.33. The number of carbonyl (C=O) groups excluding carboxylic acids is 1. The summed E-state index contributed by atoms with van der Waals surface area (Å²) in [6, 6.07) is 6.37. The molecule has 0 heterocycles. The number of esters is 1. The first-order valence-electron chi connectivity index (χ1n) is 5.33. The number of rotatable bonds is 5. The van der Waals surface area contributed by atoms with E-state index >= 15 is 0 Å². The van der Waals surface area contributed by atoms with Crippen LogP contribution in [-0.2, 0) is 16.0 Å². The highest BCUT2D eigenvalue weighted by molar-refractivity contribution is 5.69. The van der Waals surface area contributed by atoms with Gasteiger partial charge in [-0.3, -0.25) is 14.9 Å². The number of benzene rings is 1. The van der Waals surface area contributed by atoms with Crippen molar-refractivity contribution in [3.8, 4) is 0 Å². The molecular formula is C12H15NO4. The van der Waals surface area contributed by atoms with E-state index in [0.29, 0.717) is 12.8 Å². The van der Waals surface area contributed by atoms with Crippen LogP contribution in [0.5, 0.6) is 0 Å². The highest BCUT2D eigenvalue weighted by Gasteiger charge is 2.11. The number of ether oxygens (including phenoxy) is 1. The van der Waals surface area contributed by atoms with Crippen LogP contribution in [0.3, 0.4) is 0 Å². The van der Waals surface area contributed by atoms with Crippen molar-refractivity contribution in [2.75, 3.05) is 7.11 Å². The average molecular weight is 237 g/mol. The maximum absolute atomic E-state index is 11.0. The number of carbonyl (C=O) groups is 1. The third-order valence-corrected chi connectivity index (χ3v) is 2.47. The molecule has 5 heteroatoms. The molecule has 17 heavy (non-hydrogen) atoms. The van der Waals surface area contributed by atoms with Crippen LogP contribution < -0.4 is 0 Å². The molecule has 0 fully saturated rings. The zero-order valence-corrected chi connectivity index (χ0v) is 9.88. The molecule has 0 saturated heterocycles. The molecule has 92 valence electrons. The van der Waals surface area contributed by atoms with Crippen LogP contribution in [0.4, 0.5) is 5.69 Å². The fourth-order valence-corrected chi connectivity index (χ4v) is 1.60. The highest BCUT2D eigenvalue weighted by Crippen LogP contribution is 2.16. The molecule has 1 rings (SSSR count). The second-order valence-electron chi connectivity index (χ2n) is 4.01. The number of methoxy groups -OCH3 is 1. The predicted octanol–water partition coefficient (Wildman–Crippen LogP) is 2.34. The Kier molecular flexibility index (Phi) is 4.63. The minimum atomic E-state index is -0.429. The van der Waals surface area contributed by atoms with Crippen molar-refractivity contribution in [2.24, 2.45) is 5.92 Å².